The van der Waals surface area contributed by atoms with E-state index in [-0.39, 0.29) is 10.8 Å². The monoisotopic (exact) mass is 477 g/mol. The average Bonchev–Trinajstić information content (AvgIpc) is 3.04. The summed E-state index contributed by atoms with van der Waals surface area (Å²) in [7, 11) is -3.92. The Labute approximate surface area is 193 Å². The third-order valence-electron chi connectivity index (χ3n) is 5.63. The number of nitrogens with two attached hydrogens (primary N) is 1. The topological polar surface area (TPSA) is 118 Å². The molecule has 0 radical (unpaired) electrons. The molecule has 0 bridgehead atoms. The first-order valence-corrected chi connectivity index (χ1v) is 13.4. The van der Waals surface area contributed by atoms with Gasteiger partial charge in [0.15, 0.2) is 0 Å². The lowest BCUT2D eigenvalue weighted by molar-refractivity contribution is -0.114. The fourth-order valence-corrected chi connectivity index (χ4v) is 6.66. The smallest absolute Gasteiger partial charge is 0.262 e. The van der Waals surface area contributed by atoms with Gasteiger partial charge in [0.1, 0.15) is 5.00 Å². The van der Waals surface area contributed by atoms with Crippen LogP contribution in [0.25, 0.3) is 0 Å². The maximum atomic E-state index is 13.0. The summed E-state index contributed by atoms with van der Waals surface area (Å²) in [6.07, 6.45) is 10.6. The van der Waals surface area contributed by atoms with Gasteiger partial charge in [-0.3, -0.25) is 14.3 Å². The van der Waals surface area contributed by atoms with Gasteiger partial charge in [-0.15, -0.1) is 11.3 Å². The molecule has 1 aliphatic rings. The van der Waals surface area contributed by atoms with Gasteiger partial charge in [0.25, 0.3) is 15.9 Å². The SMILES string of the molecule is CC(=O)Nc1ccc(S(=O)(=O)Nc2sc3c(c2C(N)=O)CCCCCCCCCC3)cc1. The second-order valence-electron chi connectivity index (χ2n) is 8.21. The average molecular weight is 478 g/mol. The zero-order valence-electron chi connectivity index (χ0n) is 18.4. The highest BCUT2D eigenvalue weighted by Gasteiger charge is 2.25. The first kappa shape index (κ1) is 24.3. The molecule has 0 aliphatic heterocycles. The van der Waals surface area contributed by atoms with E-state index in [2.05, 4.69) is 10.0 Å². The summed E-state index contributed by atoms with van der Waals surface area (Å²) in [5, 5.41) is 2.90. The van der Waals surface area contributed by atoms with Crippen LogP contribution in [0.1, 0.15) is 79.1 Å². The molecule has 1 aromatic carbocycles. The van der Waals surface area contributed by atoms with Crippen molar-refractivity contribution in [2.24, 2.45) is 5.73 Å². The normalized spacial score (nSPS) is 15.7. The van der Waals surface area contributed by atoms with Crippen molar-refractivity contribution in [3.05, 3.63) is 40.3 Å². The van der Waals surface area contributed by atoms with Crippen molar-refractivity contribution in [2.45, 2.75) is 76.0 Å². The van der Waals surface area contributed by atoms with Crippen LogP contribution in [0.3, 0.4) is 0 Å². The lowest BCUT2D eigenvalue weighted by atomic mass is 9.97. The number of primary amides is 1. The first-order valence-electron chi connectivity index (χ1n) is 11.1. The Kier molecular flexibility index (Phi) is 8.31. The molecule has 0 unspecified atom stereocenters. The molecular weight excluding hydrogens is 446 g/mol. The van der Waals surface area contributed by atoms with Gasteiger partial charge in [-0.1, -0.05) is 38.5 Å². The summed E-state index contributed by atoms with van der Waals surface area (Å²) >= 11 is 1.33. The highest BCUT2D eigenvalue weighted by atomic mass is 32.2. The van der Waals surface area contributed by atoms with Crippen molar-refractivity contribution in [3.63, 3.8) is 0 Å². The molecular formula is C23H31N3O4S2. The molecule has 4 N–H and O–H groups in total. The fraction of sp³-hybridized carbons (Fsp3) is 0.478. The minimum absolute atomic E-state index is 0.0458. The van der Waals surface area contributed by atoms with Gasteiger partial charge in [-0.25, -0.2) is 8.42 Å². The van der Waals surface area contributed by atoms with Crippen LogP contribution < -0.4 is 15.8 Å². The van der Waals surface area contributed by atoms with E-state index in [0.29, 0.717) is 16.3 Å². The lowest BCUT2D eigenvalue weighted by Gasteiger charge is -2.10. The highest BCUT2D eigenvalue weighted by Crippen LogP contribution is 2.37. The Bertz CT molecular complexity index is 1060. The Morgan fingerprint density at radius 1 is 0.906 bits per heavy atom. The maximum absolute atomic E-state index is 13.0. The van der Waals surface area contributed by atoms with Crippen molar-refractivity contribution < 1.29 is 18.0 Å². The molecule has 174 valence electrons. The van der Waals surface area contributed by atoms with Crippen molar-refractivity contribution >= 4 is 43.9 Å². The molecule has 0 atom stereocenters. The molecule has 3 rings (SSSR count). The van der Waals surface area contributed by atoms with E-state index in [9.17, 15) is 18.0 Å². The number of nitrogens with one attached hydrogen (secondary N) is 2. The van der Waals surface area contributed by atoms with Crippen molar-refractivity contribution in [3.8, 4) is 0 Å². The van der Waals surface area contributed by atoms with E-state index in [0.717, 1.165) is 49.0 Å². The van der Waals surface area contributed by atoms with Crippen LogP contribution in [0, 0.1) is 0 Å². The van der Waals surface area contributed by atoms with E-state index in [1.54, 1.807) is 0 Å². The number of sulfonamides is 1. The van der Waals surface area contributed by atoms with Crippen molar-refractivity contribution in [1.82, 2.24) is 0 Å². The highest BCUT2D eigenvalue weighted by molar-refractivity contribution is 7.93. The summed E-state index contributed by atoms with van der Waals surface area (Å²) < 4.78 is 28.6. The number of anilines is 2. The van der Waals surface area contributed by atoms with Crippen molar-refractivity contribution in [1.29, 1.82) is 0 Å². The van der Waals surface area contributed by atoms with Crippen LogP contribution in [-0.2, 0) is 27.7 Å². The standard InChI is InChI=1S/C23H31N3O4S2/c1-16(27)25-17-12-14-18(15-13-17)32(29,30)26-23-21(22(24)28)19-10-8-6-4-2-3-5-7-9-11-20(19)31-23/h12-15,26H,2-11H2,1H3,(H2,24,28)(H,25,27). The Morgan fingerprint density at radius 2 is 1.47 bits per heavy atom. The minimum Gasteiger partial charge on any atom is -0.365 e. The molecule has 1 aromatic heterocycles. The van der Waals surface area contributed by atoms with Crippen LogP contribution in [0.4, 0.5) is 10.7 Å². The summed E-state index contributed by atoms with van der Waals surface area (Å²) in [6, 6.07) is 5.89. The molecule has 0 fully saturated rings. The fourth-order valence-electron chi connectivity index (χ4n) is 4.06. The molecule has 0 saturated heterocycles. The van der Waals surface area contributed by atoms with E-state index in [1.807, 2.05) is 0 Å². The summed E-state index contributed by atoms with van der Waals surface area (Å²) in [5.41, 5.74) is 7.43. The van der Waals surface area contributed by atoms with Crippen molar-refractivity contribution in [2.75, 3.05) is 10.0 Å². The van der Waals surface area contributed by atoms with E-state index < -0.39 is 15.9 Å². The number of carbonyl (C=O) groups is 2. The molecule has 1 heterocycles. The minimum atomic E-state index is -3.92. The Morgan fingerprint density at radius 3 is 2.03 bits per heavy atom. The van der Waals surface area contributed by atoms with Crippen LogP contribution >= 0.6 is 11.3 Å². The van der Waals surface area contributed by atoms with E-state index in [1.165, 1.54) is 68.2 Å². The van der Waals surface area contributed by atoms with Gasteiger partial charge < -0.3 is 11.1 Å². The van der Waals surface area contributed by atoms with E-state index in [4.69, 9.17) is 5.73 Å². The predicted molar refractivity (Wildman–Crippen MR) is 129 cm³/mol. The third kappa shape index (κ3) is 6.32. The molecule has 2 amide bonds. The number of benzene rings is 1. The van der Waals surface area contributed by atoms with Gasteiger partial charge in [-0.05, 0) is 55.5 Å². The van der Waals surface area contributed by atoms with Crippen LogP contribution in [0.15, 0.2) is 29.2 Å². The second-order valence-corrected chi connectivity index (χ2v) is 11.0. The zero-order chi connectivity index (χ0) is 23.1. The van der Waals surface area contributed by atoms with Gasteiger partial charge in [0.2, 0.25) is 5.91 Å². The summed E-state index contributed by atoms with van der Waals surface area (Å²) in [6.45, 7) is 1.38. The zero-order valence-corrected chi connectivity index (χ0v) is 20.0. The van der Waals surface area contributed by atoms with Gasteiger partial charge >= 0.3 is 0 Å². The molecule has 0 saturated carbocycles. The molecule has 2 aromatic rings. The van der Waals surface area contributed by atoms with E-state index >= 15 is 0 Å². The quantitative estimate of drug-likeness (QED) is 0.572. The number of hydrogen-bond donors (Lipinski definition) is 3. The second kappa shape index (κ2) is 11.0. The Balaban J connectivity index is 1.90. The number of carbonyl (C=O) groups excluding carboxylic acids is 2. The number of thiophene rings is 1. The molecule has 7 nitrogen and oxygen atoms in total. The first-order chi connectivity index (χ1) is 15.3. The summed E-state index contributed by atoms with van der Waals surface area (Å²) in [5.74, 6) is -0.841. The molecule has 9 heteroatoms. The van der Waals surface area contributed by atoms with Crippen LogP contribution in [0.5, 0.6) is 0 Å². The lowest BCUT2D eigenvalue weighted by Crippen LogP contribution is -2.18. The number of hydrogen-bond acceptors (Lipinski definition) is 5. The molecule has 32 heavy (non-hydrogen) atoms. The largest absolute Gasteiger partial charge is 0.365 e. The summed E-state index contributed by atoms with van der Waals surface area (Å²) in [4.78, 5) is 24.6. The maximum Gasteiger partial charge on any atom is 0.262 e. The number of amides is 2. The molecule has 0 spiro atoms. The van der Waals surface area contributed by atoms with Gasteiger partial charge in [0, 0.05) is 17.5 Å². The number of rotatable bonds is 5. The molecule has 1 aliphatic carbocycles. The number of aryl methyl sites for hydroxylation is 1. The van der Waals surface area contributed by atoms with Crippen LogP contribution in [-0.4, -0.2) is 20.2 Å². The Hall–Kier alpha value is -2.39. The van der Waals surface area contributed by atoms with Gasteiger partial charge in [-0.2, -0.15) is 0 Å². The number of fused-ring (bicyclic) bond motifs is 1. The van der Waals surface area contributed by atoms with Gasteiger partial charge in [0.05, 0.1) is 10.5 Å². The third-order valence-corrected chi connectivity index (χ3v) is 8.33. The predicted octanol–water partition coefficient (Wildman–Crippen LogP) is 4.83. The van der Waals surface area contributed by atoms with Crippen LogP contribution in [0.2, 0.25) is 0 Å².